The van der Waals surface area contributed by atoms with E-state index in [1.807, 2.05) is 66.7 Å². The molecule has 0 aliphatic heterocycles. The average molecular weight is 1410 g/mol. The molecule has 0 bridgehead atoms. The van der Waals surface area contributed by atoms with Crippen LogP contribution in [-0.2, 0) is 63.8 Å². The van der Waals surface area contributed by atoms with Gasteiger partial charge in [-0.25, -0.2) is 9.97 Å². The predicted molar refractivity (Wildman–Crippen MR) is 320 cm³/mol. The fourth-order valence-electron chi connectivity index (χ4n) is 10.3. The maximum atomic E-state index is 11.4. The summed E-state index contributed by atoms with van der Waals surface area (Å²) < 4.78 is 4.38. The van der Waals surface area contributed by atoms with Gasteiger partial charge in [0.2, 0.25) is 0 Å². The van der Waals surface area contributed by atoms with Gasteiger partial charge < -0.3 is 10.2 Å². The van der Waals surface area contributed by atoms with Gasteiger partial charge in [-0.15, -0.1) is 59.7 Å². The average Bonchev–Trinajstić information content (AvgIpc) is 4.05. The van der Waals surface area contributed by atoms with Crippen LogP contribution >= 0.6 is 0 Å². The van der Waals surface area contributed by atoms with Crippen molar-refractivity contribution < 1.29 is 52.3 Å². The molecule has 0 saturated heterocycles. The molecule has 0 atom stereocenters. The molecular formula is C70H66N6O2Pt2-2. The van der Waals surface area contributed by atoms with Crippen LogP contribution in [0.25, 0.3) is 101 Å². The molecule has 0 aliphatic carbocycles. The molecule has 3 aromatic heterocycles. The maximum absolute atomic E-state index is 11.4. The van der Waals surface area contributed by atoms with Crippen LogP contribution in [0.5, 0.6) is 11.5 Å². The molecule has 2 N–H and O–H groups in total. The second-order valence-corrected chi connectivity index (χ2v) is 24.7. The monoisotopic (exact) mass is 1410 g/mol. The van der Waals surface area contributed by atoms with Gasteiger partial charge in [0.05, 0.1) is 39.5 Å². The van der Waals surface area contributed by atoms with Crippen molar-refractivity contribution in [3.05, 3.63) is 205 Å². The number of nitrogens with zero attached hydrogens (tertiary/aromatic N) is 6. The van der Waals surface area contributed by atoms with Crippen molar-refractivity contribution in [3.63, 3.8) is 0 Å². The standard InChI is InChI=1S/C70H66N6O2.2Pt/c1-67(2,3)47-35-48(68(4,5)6)38-51(37-47)75-59-29-19-27-53(63(59)73-65(75)55-25-13-15-31-61(55)77)43-21-17-23-45(33-43)57-41-58(72-42-71-57)46-24-18-22-44(34-46)54-28-20-30-60-64(54)74-66(56-26-14-16-32-62(56)78)76(60)52-39-49(69(7,8)9)36-50(40-52)70(10,11)12;;/h13-32,35-42,77-78H,1-12H3;;/q-2;;. The minimum atomic E-state index is -0.111. The zero-order valence-electron chi connectivity index (χ0n) is 47.4. The van der Waals surface area contributed by atoms with E-state index in [1.54, 1.807) is 18.5 Å². The molecule has 10 heteroatoms. The zero-order chi connectivity index (χ0) is 55.1. The SMILES string of the molecule is CC(C)(C)c1cc(-n2c(-c3ccccc3O)nc3c(-c4[c-]c(-c5cc(-c6[c-]c(-c7cccc8c7nc(-c7ccccc7O)n8-c7cc(C(C)(C)C)cc(C(C)(C)C)c7)ccc6)ncn5)ccc4)cccc32)cc(C(C)(C)C)c1.[Pt].[Pt]. The molecule has 11 rings (SSSR count). The summed E-state index contributed by atoms with van der Waals surface area (Å²) in [5.74, 6) is 1.62. The van der Waals surface area contributed by atoms with Gasteiger partial charge >= 0.3 is 0 Å². The van der Waals surface area contributed by atoms with Crippen molar-refractivity contribution in [2.45, 2.75) is 105 Å². The van der Waals surface area contributed by atoms with Gasteiger partial charge in [-0.3, -0.25) is 19.1 Å². The fourth-order valence-corrected chi connectivity index (χ4v) is 10.3. The second kappa shape index (κ2) is 21.7. The fraction of sp³-hybridized carbons (Fsp3) is 0.229. The maximum Gasteiger partial charge on any atom is 0.148 e. The van der Waals surface area contributed by atoms with Gasteiger partial charge in [0, 0.05) is 64.9 Å². The van der Waals surface area contributed by atoms with Crippen molar-refractivity contribution in [2.75, 3.05) is 0 Å². The third-order valence-electron chi connectivity index (χ3n) is 14.9. The number of aromatic nitrogens is 6. The molecule has 410 valence electrons. The number of phenols is 2. The first-order chi connectivity index (χ1) is 37.0. The van der Waals surface area contributed by atoms with Crippen LogP contribution in [0.4, 0.5) is 0 Å². The van der Waals surface area contributed by atoms with Gasteiger partial charge in [0.15, 0.2) is 0 Å². The minimum absolute atomic E-state index is 0. The molecule has 0 saturated carbocycles. The summed E-state index contributed by atoms with van der Waals surface area (Å²) >= 11 is 0. The van der Waals surface area contributed by atoms with E-state index < -0.39 is 0 Å². The van der Waals surface area contributed by atoms with Crippen LogP contribution in [0.1, 0.15) is 105 Å². The summed E-state index contributed by atoms with van der Waals surface area (Å²) in [6, 6.07) is 62.7. The van der Waals surface area contributed by atoms with Gasteiger partial charge in [0.1, 0.15) is 23.1 Å². The van der Waals surface area contributed by atoms with E-state index in [4.69, 9.17) is 19.9 Å². The molecule has 80 heavy (non-hydrogen) atoms. The van der Waals surface area contributed by atoms with Gasteiger partial charge in [-0.2, -0.15) is 0 Å². The number of phenolic OH excluding ortho intramolecular Hbond substituents is 2. The Morgan fingerprint density at radius 1 is 0.362 bits per heavy atom. The first-order valence-corrected chi connectivity index (χ1v) is 26.8. The normalized spacial score (nSPS) is 12.2. The number of aromatic hydroxyl groups is 2. The largest absolute Gasteiger partial charge is 0.507 e. The number of fused-ring (bicyclic) bond motifs is 2. The van der Waals surface area contributed by atoms with E-state index in [2.05, 4.69) is 189 Å². The Balaban J connectivity index is 0.00000387. The number of rotatable bonds is 8. The summed E-state index contributed by atoms with van der Waals surface area (Å²) in [5.41, 5.74) is 17.6. The van der Waals surface area contributed by atoms with Crippen LogP contribution in [0, 0.1) is 12.1 Å². The topological polar surface area (TPSA) is 102 Å². The van der Waals surface area contributed by atoms with Gasteiger partial charge in [-0.05, 0) is 105 Å². The molecule has 8 nitrogen and oxygen atoms in total. The first-order valence-electron chi connectivity index (χ1n) is 26.8. The summed E-state index contributed by atoms with van der Waals surface area (Å²) in [4.78, 5) is 20.4. The van der Waals surface area contributed by atoms with E-state index in [1.165, 1.54) is 22.3 Å². The van der Waals surface area contributed by atoms with E-state index >= 15 is 0 Å². The number of hydrogen-bond donors (Lipinski definition) is 2. The van der Waals surface area contributed by atoms with Crippen LogP contribution in [0.2, 0.25) is 0 Å². The molecule has 0 aliphatic rings. The Morgan fingerprint density at radius 3 is 1.04 bits per heavy atom. The number of hydrogen-bond acceptors (Lipinski definition) is 6. The quantitative estimate of drug-likeness (QED) is 0.147. The molecular weight excluding hydrogens is 1350 g/mol. The molecule has 8 aromatic carbocycles. The Labute approximate surface area is 499 Å². The Kier molecular flexibility index (Phi) is 15.6. The summed E-state index contributed by atoms with van der Waals surface area (Å²) in [5, 5.41) is 22.7. The smallest absolute Gasteiger partial charge is 0.148 e. The van der Waals surface area contributed by atoms with Crippen molar-refractivity contribution in [3.8, 4) is 90.4 Å². The molecule has 0 amide bonds. The van der Waals surface area contributed by atoms with Crippen molar-refractivity contribution in [1.82, 2.24) is 29.1 Å². The molecule has 0 unspecified atom stereocenters. The second-order valence-electron chi connectivity index (χ2n) is 24.7. The molecule has 11 aromatic rings. The van der Waals surface area contributed by atoms with Crippen LogP contribution in [0.15, 0.2) is 170 Å². The van der Waals surface area contributed by atoms with Crippen molar-refractivity contribution >= 4 is 22.1 Å². The van der Waals surface area contributed by atoms with Gasteiger partial charge in [0.25, 0.3) is 0 Å². The predicted octanol–water partition coefficient (Wildman–Crippen LogP) is 17.4. The van der Waals surface area contributed by atoms with E-state index in [9.17, 15) is 10.2 Å². The summed E-state index contributed by atoms with van der Waals surface area (Å²) in [6.45, 7) is 26.9. The van der Waals surface area contributed by atoms with Gasteiger partial charge in [-0.1, -0.05) is 172 Å². The van der Waals surface area contributed by atoms with Crippen LogP contribution in [0.3, 0.4) is 0 Å². The molecule has 0 fully saturated rings. The third-order valence-corrected chi connectivity index (χ3v) is 14.9. The molecule has 0 radical (unpaired) electrons. The Morgan fingerprint density at radius 2 is 0.688 bits per heavy atom. The van der Waals surface area contributed by atoms with E-state index in [-0.39, 0.29) is 75.3 Å². The number of benzene rings is 8. The zero-order valence-corrected chi connectivity index (χ0v) is 51.9. The summed E-state index contributed by atoms with van der Waals surface area (Å²) in [6.07, 6.45) is 1.60. The van der Waals surface area contributed by atoms with Crippen LogP contribution in [-0.4, -0.2) is 39.3 Å². The Hall–Kier alpha value is -7.24. The number of para-hydroxylation sites is 4. The first kappa shape index (κ1) is 57.4. The summed E-state index contributed by atoms with van der Waals surface area (Å²) in [7, 11) is 0. The molecule has 0 spiro atoms. The van der Waals surface area contributed by atoms with E-state index in [0.29, 0.717) is 34.2 Å². The third kappa shape index (κ3) is 11.0. The van der Waals surface area contributed by atoms with Crippen molar-refractivity contribution in [1.29, 1.82) is 0 Å². The van der Waals surface area contributed by atoms with E-state index in [0.717, 1.165) is 66.8 Å². The Bertz CT molecular complexity index is 3800. The number of imidazole rings is 2. The van der Waals surface area contributed by atoms with Crippen molar-refractivity contribution in [2.24, 2.45) is 0 Å². The van der Waals surface area contributed by atoms with Crippen LogP contribution < -0.4 is 0 Å². The minimum Gasteiger partial charge on any atom is -0.507 e. The molecule has 3 heterocycles.